The van der Waals surface area contributed by atoms with Gasteiger partial charge in [-0.15, -0.1) is 0 Å². The number of rotatable bonds is 2. The Balaban J connectivity index is 2.02. The normalized spacial score (nSPS) is 44.0. The zero-order valence-electron chi connectivity index (χ0n) is 16.2. The molecular weight excluding hydrogens is 316 g/mol. The summed E-state index contributed by atoms with van der Waals surface area (Å²) in [7, 11) is 1.47. The first-order valence-electron chi connectivity index (χ1n) is 9.67. The molecular formula is C21H32O4. The Morgan fingerprint density at radius 1 is 1.28 bits per heavy atom. The number of hydrogen-bond donors (Lipinski definition) is 1. The molecule has 0 radical (unpaired) electrons. The Kier molecular flexibility index (Phi) is 4.42. The third kappa shape index (κ3) is 2.43. The number of carbonyl (C=O) groups is 2. The minimum atomic E-state index is -1.23. The third-order valence-electron chi connectivity index (χ3n) is 7.80. The Bertz CT molecular complexity index is 621. The first kappa shape index (κ1) is 18.6. The number of esters is 1. The second kappa shape index (κ2) is 5.94. The monoisotopic (exact) mass is 348 g/mol. The summed E-state index contributed by atoms with van der Waals surface area (Å²) in [6, 6.07) is 0. The van der Waals surface area contributed by atoms with Crippen molar-refractivity contribution in [2.75, 3.05) is 7.11 Å². The topological polar surface area (TPSA) is 63.6 Å². The van der Waals surface area contributed by atoms with Crippen molar-refractivity contribution >= 4 is 11.8 Å². The van der Waals surface area contributed by atoms with Crippen molar-refractivity contribution in [1.82, 2.24) is 0 Å². The van der Waals surface area contributed by atoms with Crippen LogP contribution in [0.5, 0.6) is 0 Å². The lowest BCUT2D eigenvalue weighted by molar-refractivity contribution is -0.168. The molecule has 0 aromatic rings. The van der Waals surface area contributed by atoms with E-state index in [0.717, 1.165) is 31.3 Å². The van der Waals surface area contributed by atoms with E-state index in [2.05, 4.69) is 6.92 Å². The van der Waals surface area contributed by atoms with E-state index in [4.69, 9.17) is 4.74 Å². The average molecular weight is 348 g/mol. The molecule has 1 N–H and O–H groups in total. The van der Waals surface area contributed by atoms with Gasteiger partial charge in [-0.1, -0.05) is 33.3 Å². The van der Waals surface area contributed by atoms with Gasteiger partial charge < -0.3 is 9.84 Å². The van der Waals surface area contributed by atoms with Gasteiger partial charge in [0, 0.05) is 0 Å². The van der Waals surface area contributed by atoms with Crippen molar-refractivity contribution in [2.45, 2.75) is 71.8 Å². The number of ketones is 1. The largest absolute Gasteiger partial charge is 0.469 e. The standard InChI is InChI=1S/C21H32O4/c1-13(2)21(24)12-9-15-14(17(21)22)7-8-16-19(15,3)10-6-11-20(16,4)18(23)25-5/h7,13,15-16,24H,6,8-12H2,1-5H3/t15?,16-,19-,20-,21-/m1/s1. The third-order valence-corrected chi connectivity index (χ3v) is 7.80. The fourth-order valence-corrected chi connectivity index (χ4v) is 6.09. The lowest BCUT2D eigenvalue weighted by atomic mass is 9.45. The van der Waals surface area contributed by atoms with Crippen molar-refractivity contribution in [2.24, 2.45) is 28.6 Å². The van der Waals surface area contributed by atoms with Crippen LogP contribution < -0.4 is 0 Å². The zero-order chi connectivity index (χ0) is 18.6. The van der Waals surface area contributed by atoms with Crippen molar-refractivity contribution in [3.8, 4) is 0 Å². The van der Waals surface area contributed by atoms with Gasteiger partial charge in [-0.3, -0.25) is 9.59 Å². The van der Waals surface area contributed by atoms with Gasteiger partial charge in [0.1, 0.15) is 5.60 Å². The van der Waals surface area contributed by atoms with E-state index in [1.165, 1.54) is 7.11 Å². The van der Waals surface area contributed by atoms with Crippen LogP contribution in [0.4, 0.5) is 0 Å². The van der Waals surface area contributed by atoms with Gasteiger partial charge >= 0.3 is 5.97 Å². The van der Waals surface area contributed by atoms with Crippen LogP contribution in [0.2, 0.25) is 0 Å². The predicted molar refractivity (Wildman–Crippen MR) is 95.8 cm³/mol. The maximum Gasteiger partial charge on any atom is 0.311 e. The molecule has 4 heteroatoms. The summed E-state index contributed by atoms with van der Waals surface area (Å²) in [6.45, 7) is 8.12. The van der Waals surface area contributed by atoms with Crippen LogP contribution in [0.25, 0.3) is 0 Å². The van der Waals surface area contributed by atoms with Gasteiger partial charge in [0.05, 0.1) is 12.5 Å². The highest BCUT2D eigenvalue weighted by molar-refractivity contribution is 6.03. The summed E-state index contributed by atoms with van der Waals surface area (Å²) in [5.41, 5.74) is -0.987. The maximum absolute atomic E-state index is 13.1. The Labute approximate surface area is 151 Å². The van der Waals surface area contributed by atoms with Crippen LogP contribution in [0, 0.1) is 28.6 Å². The molecule has 1 unspecified atom stereocenters. The molecule has 0 amide bonds. The summed E-state index contributed by atoms with van der Waals surface area (Å²) < 4.78 is 5.14. The molecule has 3 aliphatic rings. The summed E-state index contributed by atoms with van der Waals surface area (Å²) in [6.07, 6.45) is 6.93. The van der Waals surface area contributed by atoms with Gasteiger partial charge in [0.15, 0.2) is 5.78 Å². The predicted octanol–water partition coefficient (Wildman–Crippen LogP) is 3.67. The number of methoxy groups -OCH3 is 1. The van der Waals surface area contributed by atoms with Crippen LogP contribution in [0.1, 0.15) is 66.2 Å². The second-order valence-corrected chi connectivity index (χ2v) is 9.22. The molecule has 0 saturated heterocycles. The average Bonchev–Trinajstić information content (AvgIpc) is 2.57. The van der Waals surface area contributed by atoms with E-state index in [1.807, 2.05) is 26.8 Å². The lowest BCUT2D eigenvalue weighted by Gasteiger charge is -2.58. The Morgan fingerprint density at radius 2 is 1.96 bits per heavy atom. The van der Waals surface area contributed by atoms with Crippen LogP contribution >= 0.6 is 0 Å². The molecule has 0 spiro atoms. The van der Waals surface area contributed by atoms with E-state index in [1.54, 1.807) is 0 Å². The fourth-order valence-electron chi connectivity index (χ4n) is 6.09. The van der Waals surface area contributed by atoms with Gasteiger partial charge in [0.25, 0.3) is 0 Å². The number of allylic oxidation sites excluding steroid dienone is 1. The molecule has 0 heterocycles. The molecule has 3 aliphatic carbocycles. The zero-order valence-corrected chi connectivity index (χ0v) is 16.2. The first-order valence-corrected chi connectivity index (χ1v) is 9.67. The maximum atomic E-state index is 13.1. The highest BCUT2D eigenvalue weighted by Gasteiger charge is 2.60. The van der Waals surface area contributed by atoms with Gasteiger partial charge in [-0.25, -0.2) is 0 Å². The molecule has 0 bridgehead atoms. The van der Waals surface area contributed by atoms with Crippen molar-refractivity contribution in [3.05, 3.63) is 11.6 Å². The number of fused-ring (bicyclic) bond motifs is 3. The van der Waals surface area contributed by atoms with Crippen molar-refractivity contribution in [3.63, 3.8) is 0 Å². The Hall–Kier alpha value is -1.16. The number of carbonyl (C=O) groups excluding carboxylic acids is 2. The molecule has 5 atom stereocenters. The SMILES string of the molecule is COC(=O)[C@]1(C)CCC[C@]2(C)C3CC[C@@](O)(C(C)C)C(=O)C3=CC[C@@H]12. The van der Waals surface area contributed by atoms with Crippen LogP contribution in [0.3, 0.4) is 0 Å². The van der Waals surface area contributed by atoms with Gasteiger partial charge in [-0.2, -0.15) is 0 Å². The summed E-state index contributed by atoms with van der Waals surface area (Å²) in [5.74, 6) is 0.0407. The Morgan fingerprint density at radius 3 is 2.56 bits per heavy atom. The smallest absolute Gasteiger partial charge is 0.311 e. The quantitative estimate of drug-likeness (QED) is 0.774. The highest BCUT2D eigenvalue weighted by Crippen LogP contribution is 2.62. The first-order chi connectivity index (χ1) is 11.6. The molecule has 0 aliphatic heterocycles. The van der Waals surface area contributed by atoms with E-state index in [-0.39, 0.29) is 34.9 Å². The summed E-state index contributed by atoms with van der Waals surface area (Å²) >= 11 is 0. The van der Waals surface area contributed by atoms with Gasteiger partial charge in [0.2, 0.25) is 0 Å². The molecule has 2 saturated carbocycles. The van der Waals surface area contributed by atoms with Crippen molar-refractivity contribution in [1.29, 1.82) is 0 Å². The van der Waals surface area contributed by atoms with Crippen LogP contribution in [-0.4, -0.2) is 29.6 Å². The molecule has 25 heavy (non-hydrogen) atoms. The number of hydrogen-bond acceptors (Lipinski definition) is 4. The fraction of sp³-hybridized carbons (Fsp3) is 0.810. The lowest BCUT2D eigenvalue weighted by Crippen LogP contribution is -2.58. The van der Waals surface area contributed by atoms with E-state index < -0.39 is 11.0 Å². The van der Waals surface area contributed by atoms with E-state index >= 15 is 0 Å². The van der Waals surface area contributed by atoms with E-state index in [9.17, 15) is 14.7 Å². The number of Topliss-reactive ketones (excluding diaryl/α,β-unsaturated/α-hetero) is 1. The van der Waals surface area contributed by atoms with Gasteiger partial charge in [-0.05, 0) is 67.8 Å². The van der Waals surface area contributed by atoms with Crippen molar-refractivity contribution < 1.29 is 19.4 Å². The summed E-state index contributed by atoms with van der Waals surface area (Å²) in [5, 5.41) is 10.9. The van der Waals surface area contributed by atoms with Crippen LogP contribution in [0.15, 0.2) is 11.6 Å². The van der Waals surface area contributed by atoms with E-state index in [0.29, 0.717) is 12.8 Å². The summed E-state index contributed by atoms with van der Waals surface area (Å²) in [4.78, 5) is 25.6. The minimum absolute atomic E-state index is 0.0798. The second-order valence-electron chi connectivity index (χ2n) is 9.22. The minimum Gasteiger partial charge on any atom is -0.469 e. The number of aliphatic hydroxyl groups is 1. The molecule has 2 fully saturated rings. The number of ether oxygens (including phenoxy) is 1. The molecule has 3 rings (SSSR count). The highest BCUT2D eigenvalue weighted by atomic mass is 16.5. The molecule has 0 aromatic carbocycles. The molecule has 4 nitrogen and oxygen atoms in total. The van der Waals surface area contributed by atoms with Crippen LogP contribution in [-0.2, 0) is 14.3 Å². The molecule has 140 valence electrons. The molecule has 0 aromatic heterocycles.